The summed E-state index contributed by atoms with van der Waals surface area (Å²) in [4.78, 5) is 14.0. The molecule has 0 N–H and O–H groups in total. The van der Waals surface area contributed by atoms with E-state index in [1.54, 1.807) is 4.68 Å². The summed E-state index contributed by atoms with van der Waals surface area (Å²) in [6.45, 7) is 10.2. The Balaban J connectivity index is 2.65. The maximum atomic E-state index is 12.1. The van der Waals surface area contributed by atoms with Crippen molar-refractivity contribution in [2.45, 2.75) is 47.1 Å². The second kappa shape index (κ2) is 6.42. The van der Waals surface area contributed by atoms with Crippen molar-refractivity contribution in [3.63, 3.8) is 0 Å². The smallest absolute Gasteiger partial charge is 0.244 e. The maximum Gasteiger partial charge on any atom is 0.244 e. The minimum absolute atomic E-state index is 0.167. The van der Waals surface area contributed by atoms with Crippen molar-refractivity contribution < 1.29 is 4.79 Å². The Labute approximate surface area is 104 Å². The van der Waals surface area contributed by atoms with Crippen molar-refractivity contribution in [3.8, 4) is 0 Å². The van der Waals surface area contributed by atoms with Crippen LogP contribution >= 0.6 is 0 Å². The van der Waals surface area contributed by atoms with Gasteiger partial charge in [-0.3, -0.25) is 9.48 Å². The van der Waals surface area contributed by atoms with E-state index in [-0.39, 0.29) is 5.91 Å². The van der Waals surface area contributed by atoms with E-state index in [2.05, 4.69) is 18.9 Å². The van der Waals surface area contributed by atoms with Crippen LogP contribution in [0.3, 0.4) is 0 Å². The molecule has 1 aromatic rings. The van der Waals surface area contributed by atoms with Crippen molar-refractivity contribution in [1.82, 2.24) is 14.7 Å². The highest BCUT2D eigenvalue weighted by atomic mass is 16.2. The van der Waals surface area contributed by atoms with Crippen molar-refractivity contribution in [2.75, 3.05) is 13.1 Å². The van der Waals surface area contributed by atoms with Crippen LogP contribution in [0, 0.1) is 13.8 Å². The lowest BCUT2D eigenvalue weighted by Gasteiger charge is -2.21. The Hall–Kier alpha value is -1.32. The first-order valence-corrected chi connectivity index (χ1v) is 6.37. The van der Waals surface area contributed by atoms with Gasteiger partial charge in [0.15, 0.2) is 0 Å². The van der Waals surface area contributed by atoms with Gasteiger partial charge in [-0.05, 0) is 32.8 Å². The SMILES string of the molecule is CCCN(CCC)C(=O)Cn1nc(C)cc1C. The van der Waals surface area contributed by atoms with Gasteiger partial charge < -0.3 is 4.90 Å². The van der Waals surface area contributed by atoms with Crippen LogP contribution in [0.25, 0.3) is 0 Å². The van der Waals surface area contributed by atoms with Crippen LogP contribution in [0.1, 0.15) is 38.1 Å². The second-order valence-corrected chi connectivity index (χ2v) is 4.47. The Morgan fingerprint density at radius 1 is 1.29 bits per heavy atom. The summed E-state index contributed by atoms with van der Waals surface area (Å²) in [5.74, 6) is 0.167. The first kappa shape index (κ1) is 13.7. The Morgan fingerprint density at radius 3 is 2.29 bits per heavy atom. The average Bonchev–Trinajstić information content (AvgIpc) is 2.57. The molecule has 0 radical (unpaired) electrons. The lowest BCUT2D eigenvalue weighted by Crippen LogP contribution is -2.35. The zero-order chi connectivity index (χ0) is 12.8. The highest BCUT2D eigenvalue weighted by Gasteiger charge is 2.13. The fraction of sp³-hybridized carbons (Fsp3) is 0.692. The van der Waals surface area contributed by atoms with Gasteiger partial charge in [0.2, 0.25) is 5.91 Å². The van der Waals surface area contributed by atoms with E-state index < -0.39 is 0 Å². The first-order valence-electron chi connectivity index (χ1n) is 6.37. The molecule has 0 unspecified atom stereocenters. The van der Waals surface area contributed by atoms with Crippen LogP contribution in [0.2, 0.25) is 0 Å². The summed E-state index contributed by atoms with van der Waals surface area (Å²) in [5.41, 5.74) is 2.01. The van der Waals surface area contributed by atoms with Gasteiger partial charge in [-0.2, -0.15) is 5.10 Å². The van der Waals surface area contributed by atoms with Crippen LogP contribution in [0.15, 0.2) is 6.07 Å². The normalized spacial score (nSPS) is 10.6. The number of nitrogens with zero attached hydrogens (tertiary/aromatic N) is 3. The lowest BCUT2D eigenvalue weighted by atomic mass is 10.3. The van der Waals surface area contributed by atoms with Gasteiger partial charge in [0.25, 0.3) is 0 Å². The van der Waals surface area contributed by atoms with Gasteiger partial charge in [0, 0.05) is 18.8 Å². The number of aromatic nitrogens is 2. The highest BCUT2D eigenvalue weighted by Crippen LogP contribution is 2.04. The van der Waals surface area contributed by atoms with E-state index in [4.69, 9.17) is 0 Å². The van der Waals surface area contributed by atoms with E-state index in [1.807, 2.05) is 24.8 Å². The van der Waals surface area contributed by atoms with E-state index in [9.17, 15) is 4.79 Å². The summed E-state index contributed by atoms with van der Waals surface area (Å²) in [6, 6.07) is 2.00. The molecule has 0 aliphatic rings. The topological polar surface area (TPSA) is 38.1 Å². The molecule has 4 nitrogen and oxygen atoms in total. The van der Waals surface area contributed by atoms with Gasteiger partial charge in [0.05, 0.1) is 5.69 Å². The van der Waals surface area contributed by atoms with Crippen LogP contribution in [0.4, 0.5) is 0 Å². The van der Waals surface area contributed by atoms with E-state index >= 15 is 0 Å². The quantitative estimate of drug-likeness (QED) is 0.760. The van der Waals surface area contributed by atoms with Gasteiger partial charge in [-0.15, -0.1) is 0 Å². The number of rotatable bonds is 6. The third-order valence-electron chi connectivity index (χ3n) is 2.73. The predicted octanol–water partition coefficient (Wildman–Crippen LogP) is 2.15. The molecule has 0 atom stereocenters. The van der Waals surface area contributed by atoms with Crippen LogP contribution in [-0.2, 0) is 11.3 Å². The molecule has 0 saturated carbocycles. The van der Waals surface area contributed by atoms with Gasteiger partial charge in [-0.25, -0.2) is 0 Å². The third-order valence-corrected chi connectivity index (χ3v) is 2.73. The largest absolute Gasteiger partial charge is 0.341 e. The van der Waals surface area contributed by atoms with E-state index in [0.717, 1.165) is 37.3 Å². The molecule has 0 aromatic carbocycles. The zero-order valence-electron chi connectivity index (χ0n) is 11.4. The molecule has 0 aliphatic carbocycles. The Morgan fingerprint density at radius 2 is 1.88 bits per heavy atom. The Kier molecular flexibility index (Phi) is 5.19. The summed E-state index contributed by atoms with van der Waals surface area (Å²) < 4.78 is 1.79. The summed E-state index contributed by atoms with van der Waals surface area (Å²) in [6.07, 6.45) is 2.01. The number of carbonyl (C=O) groups excluding carboxylic acids is 1. The van der Waals surface area contributed by atoms with E-state index in [1.165, 1.54) is 0 Å². The van der Waals surface area contributed by atoms with E-state index in [0.29, 0.717) is 6.54 Å². The molecule has 1 amide bonds. The lowest BCUT2D eigenvalue weighted by molar-refractivity contribution is -0.132. The van der Waals surface area contributed by atoms with Gasteiger partial charge in [0.1, 0.15) is 6.54 Å². The van der Waals surface area contributed by atoms with Gasteiger partial charge >= 0.3 is 0 Å². The molecular weight excluding hydrogens is 214 g/mol. The summed E-state index contributed by atoms with van der Waals surface area (Å²) in [7, 11) is 0. The van der Waals surface area contributed by atoms with Crippen LogP contribution in [-0.4, -0.2) is 33.7 Å². The standard InChI is InChI=1S/C13H23N3O/c1-5-7-15(8-6-2)13(17)10-16-12(4)9-11(3)14-16/h9H,5-8,10H2,1-4H3. The minimum Gasteiger partial charge on any atom is -0.341 e. The molecule has 0 fully saturated rings. The molecule has 4 heteroatoms. The molecule has 96 valence electrons. The van der Waals surface area contributed by atoms with Crippen LogP contribution in [0.5, 0.6) is 0 Å². The molecule has 0 spiro atoms. The van der Waals surface area contributed by atoms with Crippen molar-refractivity contribution in [3.05, 3.63) is 17.5 Å². The fourth-order valence-electron chi connectivity index (χ4n) is 1.96. The summed E-state index contributed by atoms with van der Waals surface area (Å²) in [5, 5.41) is 4.32. The Bertz CT molecular complexity index is 365. The molecule has 0 aliphatic heterocycles. The van der Waals surface area contributed by atoms with Crippen molar-refractivity contribution in [2.24, 2.45) is 0 Å². The first-order chi connectivity index (χ1) is 8.08. The van der Waals surface area contributed by atoms with Crippen molar-refractivity contribution >= 4 is 5.91 Å². The molecule has 0 bridgehead atoms. The zero-order valence-corrected chi connectivity index (χ0v) is 11.4. The predicted molar refractivity (Wildman–Crippen MR) is 68.9 cm³/mol. The molecule has 1 heterocycles. The molecule has 17 heavy (non-hydrogen) atoms. The number of carbonyl (C=O) groups is 1. The second-order valence-electron chi connectivity index (χ2n) is 4.47. The van der Waals surface area contributed by atoms with Crippen LogP contribution < -0.4 is 0 Å². The fourth-order valence-corrected chi connectivity index (χ4v) is 1.96. The molecule has 1 rings (SSSR count). The maximum absolute atomic E-state index is 12.1. The number of aryl methyl sites for hydroxylation is 2. The molecule has 0 saturated heterocycles. The monoisotopic (exact) mass is 237 g/mol. The summed E-state index contributed by atoms with van der Waals surface area (Å²) >= 11 is 0. The molecule has 1 aromatic heterocycles. The number of amides is 1. The van der Waals surface area contributed by atoms with Crippen molar-refractivity contribution in [1.29, 1.82) is 0 Å². The number of hydrogen-bond acceptors (Lipinski definition) is 2. The average molecular weight is 237 g/mol. The highest BCUT2D eigenvalue weighted by molar-refractivity contribution is 5.75. The third kappa shape index (κ3) is 3.88. The molecular formula is C13H23N3O. The van der Waals surface area contributed by atoms with Gasteiger partial charge in [-0.1, -0.05) is 13.8 Å². The minimum atomic E-state index is 0.167. The number of hydrogen-bond donors (Lipinski definition) is 0.